The Morgan fingerprint density at radius 2 is 1.93 bits per heavy atom. The fourth-order valence-electron chi connectivity index (χ4n) is 3.82. The molecule has 8 heteroatoms. The van der Waals surface area contributed by atoms with Gasteiger partial charge in [0.1, 0.15) is 23.3 Å². The summed E-state index contributed by atoms with van der Waals surface area (Å²) in [4.78, 5) is 26.2. The van der Waals surface area contributed by atoms with E-state index in [9.17, 15) is 18.4 Å². The van der Waals surface area contributed by atoms with Gasteiger partial charge in [0.05, 0.1) is 12.1 Å². The van der Waals surface area contributed by atoms with Crippen LogP contribution in [0.15, 0.2) is 18.2 Å². The van der Waals surface area contributed by atoms with Crippen molar-refractivity contribution in [3.63, 3.8) is 0 Å². The monoisotopic (exact) mass is 396 g/mol. The molecular formula is C20H26F2N2O4. The predicted octanol–water partition coefficient (Wildman–Crippen LogP) is 3.77. The van der Waals surface area contributed by atoms with Gasteiger partial charge in [-0.3, -0.25) is 0 Å². The Hall–Kier alpha value is -2.38. The number of likely N-dealkylation sites (tertiary alicyclic amines) is 1. The molecular weight excluding hydrogens is 370 g/mol. The molecule has 3 atom stereocenters. The van der Waals surface area contributed by atoms with Crippen LogP contribution in [0, 0.1) is 11.6 Å². The van der Waals surface area contributed by atoms with Gasteiger partial charge >= 0.3 is 12.2 Å². The summed E-state index contributed by atoms with van der Waals surface area (Å²) < 4.78 is 38.0. The van der Waals surface area contributed by atoms with Crippen LogP contribution in [0.25, 0.3) is 0 Å². The minimum Gasteiger partial charge on any atom is -0.444 e. The van der Waals surface area contributed by atoms with Crippen LogP contribution in [0.5, 0.6) is 0 Å². The number of rotatable bonds is 3. The standard InChI is InChI=1S/C20H26F2N2O4/c1-20(2,3)28-19(26)24-7-5-4-6-16(24)17-15(23-18(25)27-17)10-12-8-13(21)11-14(22)9-12/h8-9,11,15-17H,4-7,10H2,1-3H3,(H,23,25). The van der Waals surface area contributed by atoms with E-state index in [-0.39, 0.29) is 12.5 Å². The summed E-state index contributed by atoms with van der Waals surface area (Å²) in [5, 5.41) is 2.71. The molecule has 0 aromatic heterocycles. The second-order valence-electron chi connectivity index (χ2n) is 8.34. The molecule has 0 radical (unpaired) electrons. The number of piperidine rings is 1. The highest BCUT2D eigenvalue weighted by Crippen LogP contribution is 2.29. The van der Waals surface area contributed by atoms with Gasteiger partial charge in [0.2, 0.25) is 0 Å². The molecule has 154 valence electrons. The van der Waals surface area contributed by atoms with Gasteiger partial charge in [-0.1, -0.05) is 0 Å². The van der Waals surface area contributed by atoms with Gasteiger partial charge in [-0.15, -0.1) is 0 Å². The van der Waals surface area contributed by atoms with E-state index in [0.717, 1.165) is 18.9 Å². The van der Waals surface area contributed by atoms with Crippen molar-refractivity contribution in [1.29, 1.82) is 0 Å². The van der Waals surface area contributed by atoms with Crippen LogP contribution >= 0.6 is 0 Å². The fourth-order valence-corrected chi connectivity index (χ4v) is 3.82. The van der Waals surface area contributed by atoms with Gasteiger partial charge in [-0.05, 0) is 64.2 Å². The van der Waals surface area contributed by atoms with Crippen molar-refractivity contribution in [3.8, 4) is 0 Å². The van der Waals surface area contributed by atoms with Crippen molar-refractivity contribution in [2.75, 3.05) is 6.54 Å². The number of hydrogen-bond acceptors (Lipinski definition) is 4. The molecule has 2 heterocycles. The molecule has 0 aliphatic carbocycles. The zero-order chi connectivity index (χ0) is 20.5. The zero-order valence-corrected chi connectivity index (χ0v) is 16.3. The fraction of sp³-hybridized carbons (Fsp3) is 0.600. The quantitative estimate of drug-likeness (QED) is 0.845. The van der Waals surface area contributed by atoms with Gasteiger partial charge in [0.25, 0.3) is 0 Å². The minimum absolute atomic E-state index is 0.198. The first-order valence-electron chi connectivity index (χ1n) is 9.54. The van der Waals surface area contributed by atoms with Crippen molar-refractivity contribution in [2.24, 2.45) is 0 Å². The number of nitrogens with zero attached hydrogens (tertiary/aromatic N) is 1. The van der Waals surface area contributed by atoms with Crippen molar-refractivity contribution >= 4 is 12.2 Å². The predicted molar refractivity (Wildman–Crippen MR) is 97.8 cm³/mol. The SMILES string of the molecule is CC(C)(C)OC(=O)N1CCCCC1C1OC(=O)NC1Cc1cc(F)cc(F)c1. The molecule has 0 spiro atoms. The lowest BCUT2D eigenvalue weighted by Gasteiger charge is -2.40. The van der Waals surface area contributed by atoms with Crippen LogP contribution in [0.1, 0.15) is 45.6 Å². The normalized spacial score (nSPS) is 25.2. The van der Waals surface area contributed by atoms with Crippen molar-refractivity contribution in [2.45, 2.75) is 70.2 Å². The molecule has 2 amide bonds. The Kier molecular flexibility index (Phi) is 5.76. The number of amides is 2. The number of carbonyl (C=O) groups excluding carboxylic acids is 2. The molecule has 1 aromatic carbocycles. The van der Waals surface area contributed by atoms with Gasteiger partial charge in [0, 0.05) is 12.6 Å². The summed E-state index contributed by atoms with van der Waals surface area (Å²) in [5.41, 5.74) is -0.222. The summed E-state index contributed by atoms with van der Waals surface area (Å²) in [6.45, 7) is 5.89. The third kappa shape index (κ3) is 4.91. The van der Waals surface area contributed by atoms with Crippen molar-refractivity contribution in [1.82, 2.24) is 10.2 Å². The summed E-state index contributed by atoms with van der Waals surface area (Å²) in [5.74, 6) is -1.35. The molecule has 3 unspecified atom stereocenters. The van der Waals surface area contributed by atoms with E-state index < -0.39 is 41.6 Å². The van der Waals surface area contributed by atoms with Gasteiger partial charge in [-0.25, -0.2) is 18.4 Å². The van der Waals surface area contributed by atoms with E-state index in [1.165, 1.54) is 12.1 Å². The lowest BCUT2D eigenvalue weighted by atomic mass is 9.90. The van der Waals surface area contributed by atoms with Crippen LogP contribution < -0.4 is 5.32 Å². The Morgan fingerprint density at radius 1 is 1.25 bits per heavy atom. The Balaban J connectivity index is 1.79. The third-order valence-electron chi connectivity index (χ3n) is 4.88. The highest BCUT2D eigenvalue weighted by molar-refractivity contribution is 5.72. The first-order chi connectivity index (χ1) is 13.1. The first-order valence-corrected chi connectivity index (χ1v) is 9.54. The van der Waals surface area contributed by atoms with Crippen LogP contribution in [-0.2, 0) is 15.9 Å². The average molecular weight is 396 g/mol. The van der Waals surface area contributed by atoms with E-state index in [1.54, 1.807) is 25.7 Å². The van der Waals surface area contributed by atoms with Gasteiger partial charge in [0.15, 0.2) is 0 Å². The molecule has 1 aromatic rings. The first kappa shape index (κ1) is 20.4. The molecule has 2 aliphatic rings. The molecule has 0 bridgehead atoms. The van der Waals surface area contributed by atoms with Crippen LogP contribution in [-0.4, -0.2) is 47.4 Å². The third-order valence-corrected chi connectivity index (χ3v) is 4.88. The smallest absolute Gasteiger partial charge is 0.410 e. The molecule has 2 fully saturated rings. The lowest BCUT2D eigenvalue weighted by molar-refractivity contribution is -0.0156. The number of benzene rings is 1. The van der Waals surface area contributed by atoms with Gasteiger partial charge < -0.3 is 19.7 Å². The lowest BCUT2D eigenvalue weighted by Crippen LogP contribution is -2.54. The molecule has 6 nitrogen and oxygen atoms in total. The molecule has 3 rings (SSSR count). The Morgan fingerprint density at radius 3 is 2.57 bits per heavy atom. The zero-order valence-electron chi connectivity index (χ0n) is 16.3. The summed E-state index contributed by atoms with van der Waals surface area (Å²) in [7, 11) is 0. The van der Waals surface area contributed by atoms with E-state index in [2.05, 4.69) is 5.32 Å². The molecule has 1 N–H and O–H groups in total. The number of hydrogen-bond donors (Lipinski definition) is 1. The van der Waals surface area contributed by atoms with E-state index in [1.807, 2.05) is 0 Å². The largest absolute Gasteiger partial charge is 0.444 e. The van der Waals surface area contributed by atoms with Crippen molar-refractivity contribution in [3.05, 3.63) is 35.4 Å². The molecule has 0 saturated carbocycles. The number of halogens is 2. The Labute approximate surface area is 163 Å². The Bertz CT molecular complexity index is 730. The van der Waals surface area contributed by atoms with Crippen LogP contribution in [0.4, 0.5) is 18.4 Å². The van der Waals surface area contributed by atoms with Crippen LogP contribution in [0.3, 0.4) is 0 Å². The molecule has 2 aliphatic heterocycles. The average Bonchev–Trinajstić information content (AvgIpc) is 2.92. The second kappa shape index (κ2) is 7.93. The maximum absolute atomic E-state index is 13.5. The van der Waals surface area contributed by atoms with E-state index in [0.29, 0.717) is 18.5 Å². The second-order valence-corrected chi connectivity index (χ2v) is 8.34. The summed E-state index contributed by atoms with van der Waals surface area (Å²) >= 11 is 0. The number of carbonyl (C=O) groups is 2. The highest BCUT2D eigenvalue weighted by Gasteiger charge is 2.45. The number of nitrogens with one attached hydrogen (secondary N) is 1. The van der Waals surface area contributed by atoms with E-state index >= 15 is 0 Å². The van der Waals surface area contributed by atoms with E-state index in [4.69, 9.17) is 9.47 Å². The number of alkyl carbamates (subject to hydrolysis) is 1. The number of ether oxygens (including phenoxy) is 2. The highest BCUT2D eigenvalue weighted by atomic mass is 19.1. The van der Waals surface area contributed by atoms with Crippen LogP contribution in [0.2, 0.25) is 0 Å². The summed E-state index contributed by atoms with van der Waals surface area (Å²) in [6.07, 6.45) is 0.920. The summed E-state index contributed by atoms with van der Waals surface area (Å²) in [6, 6.07) is 2.41. The van der Waals surface area contributed by atoms with Gasteiger partial charge in [-0.2, -0.15) is 0 Å². The maximum Gasteiger partial charge on any atom is 0.410 e. The molecule has 28 heavy (non-hydrogen) atoms. The van der Waals surface area contributed by atoms with Crippen molar-refractivity contribution < 1.29 is 27.8 Å². The minimum atomic E-state index is -0.676. The maximum atomic E-state index is 13.5. The number of cyclic esters (lactones) is 1. The topological polar surface area (TPSA) is 67.9 Å². The molecule has 2 saturated heterocycles.